The van der Waals surface area contributed by atoms with E-state index in [0.717, 1.165) is 31.7 Å². The molecule has 4 rings (SSSR count). The van der Waals surface area contributed by atoms with Gasteiger partial charge in [0.25, 0.3) is 5.91 Å². The zero-order valence-electron chi connectivity index (χ0n) is 16.8. The van der Waals surface area contributed by atoms with Crippen LogP contribution in [0.25, 0.3) is 0 Å². The minimum Gasteiger partial charge on any atom is -0.355 e. The van der Waals surface area contributed by atoms with Gasteiger partial charge in [0.1, 0.15) is 11.6 Å². The molecule has 0 saturated carbocycles. The normalized spacial score (nSPS) is 18.3. The lowest BCUT2D eigenvalue weighted by molar-refractivity contribution is -0.126. The van der Waals surface area contributed by atoms with Gasteiger partial charge in [0.15, 0.2) is 0 Å². The van der Waals surface area contributed by atoms with Crippen molar-refractivity contribution in [2.75, 3.05) is 31.1 Å². The number of nitrogens with zero attached hydrogens (tertiary/aromatic N) is 4. The van der Waals surface area contributed by atoms with E-state index < -0.39 is 5.82 Å². The van der Waals surface area contributed by atoms with Crippen molar-refractivity contribution >= 4 is 17.6 Å². The lowest BCUT2D eigenvalue weighted by atomic mass is 9.94. The fraction of sp³-hybridized carbons (Fsp3) is 0.455. The molecule has 3 heterocycles. The summed E-state index contributed by atoms with van der Waals surface area (Å²) in [5, 5.41) is 3.16. The number of hydrogen-bond donors (Lipinski definition) is 1. The molecule has 0 spiro atoms. The molecule has 1 aromatic heterocycles. The number of piperidine rings is 2. The molecule has 2 aromatic rings. The SMILES string of the molecule is O=C(NC1CCN(C(=O)c2ccccc2F)CC1)C1CCN(c2cnccn2)CC1. The van der Waals surface area contributed by atoms with Gasteiger partial charge in [0.05, 0.1) is 11.8 Å². The maximum Gasteiger partial charge on any atom is 0.256 e. The highest BCUT2D eigenvalue weighted by atomic mass is 19.1. The molecule has 2 fully saturated rings. The van der Waals surface area contributed by atoms with Crippen molar-refractivity contribution in [2.45, 2.75) is 31.7 Å². The summed E-state index contributed by atoms with van der Waals surface area (Å²) in [5.41, 5.74) is 0.106. The number of aromatic nitrogens is 2. The van der Waals surface area contributed by atoms with Gasteiger partial charge in [-0.2, -0.15) is 0 Å². The number of benzene rings is 1. The van der Waals surface area contributed by atoms with E-state index in [0.29, 0.717) is 25.9 Å². The largest absolute Gasteiger partial charge is 0.355 e. The number of carbonyl (C=O) groups excluding carboxylic acids is 2. The van der Waals surface area contributed by atoms with Gasteiger partial charge >= 0.3 is 0 Å². The van der Waals surface area contributed by atoms with E-state index in [-0.39, 0.29) is 29.3 Å². The van der Waals surface area contributed by atoms with Gasteiger partial charge in [-0.05, 0) is 37.8 Å². The number of likely N-dealkylation sites (tertiary alicyclic amines) is 1. The first-order valence-electron chi connectivity index (χ1n) is 10.5. The van der Waals surface area contributed by atoms with Gasteiger partial charge in [-0.3, -0.25) is 14.6 Å². The van der Waals surface area contributed by atoms with Crippen LogP contribution in [0.15, 0.2) is 42.9 Å². The molecule has 2 saturated heterocycles. The molecule has 2 aliphatic rings. The Balaban J connectivity index is 1.23. The van der Waals surface area contributed by atoms with Crippen molar-refractivity contribution in [3.63, 3.8) is 0 Å². The number of nitrogens with one attached hydrogen (secondary N) is 1. The Labute approximate surface area is 175 Å². The molecule has 1 aromatic carbocycles. The summed E-state index contributed by atoms with van der Waals surface area (Å²) in [7, 11) is 0. The third kappa shape index (κ3) is 4.58. The fourth-order valence-corrected chi connectivity index (χ4v) is 4.18. The smallest absolute Gasteiger partial charge is 0.256 e. The molecule has 8 heteroatoms. The minimum absolute atomic E-state index is 0.00371. The Hall–Kier alpha value is -3.03. The molecule has 0 bridgehead atoms. The van der Waals surface area contributed by atoms with Crippen molar-refractivity contribution in [1.29, 1.82) is 0 Å². The van der Waals surface area contributed by atoms with Crippen molar-refractivity contribution in [2.24, 2.45) is 5.92 Å². The molecule has 158 valence electrons. The molecule has 1 N–H and O–H groups in total. The average molecular weight is 411 g/mol. The minimum atomic E-state index is -0.495. The maximum absolute atomic E-state index is 13.9. The monoisotopic (exact) mass is 411 g/mol. The maximum atomic E-state index is 13.9. The van der Waals surface area contributed by atoms with Crippen molar-refractivity contribution in [3.8, 4) is 0 Å². The lowest BCUT2D eigenvalue weighted by Gasteiger charge is -2.35. The van der Waals surface area contributed by atoms with Gasteiger partial charge in [-0.25, -0.2) is 9.37 Å². The zero-order valence-corrected chi connectivity index (χ0v) is 16.8. The first-order chi connectivity index (χ1) is 14.6. The molecule has 2 amide bonds. The summed E-state index contributed by atoms with van der Waals surface area (Å²) >= 11 is 0. The summed E-state index contributed by atoms with van der Waals surface area (Å²) in [5.74, 6) is 0.159. The van der Waals surface area contributed by atoms with Crippen LogP contribution in [0.2, 0.25) is 0 Å². The van der Waals surface area contributed by atoms with Crippen LogP contribution in [0.4, 0.5) is 10.2 Å². The fourth-order valence-electron chi connectivity index (χ4n) is 4.18. The van der Waals surface area contributed by atoms with Crippen LogP contribution < -0.4 is 10.2 Å². The molecule has 2 aliphatic heterocycles. The number of amides is 2. The van der Waals surface area contributed by atoms with Crippen molar-refractivity contribution in [1.82, 2.24) is 20.2 Å². The molecular formula is C22H26FN5O2. The predicted octanol–water partition coefficient (Wildman–Crippen LogP) is 2.25. The molecule has 0 unspecified atom stereocenters. The predicted molar refractivity (Wildman–Crippen MR) is 110 cm³/mol. The summed E-state index contributed by atoms with van der Waals surface area (Å²) < 4.78 is 13.9. The van der Waals surface area contributed by atoms with Gasteiger partial charge in [0.2, 0.25) is 5.91 Å². The van der Waals surface area contributed by atoms with E-state index in [1.807, 2.05) is 0 Å². The van der Waals surface area contributed by atoms with Gasteiger partial charge < -0.3 is 15.1 Å². The van der Waals surface area contributed by atoms with Crippen LogP contribution in [0.3, 0.4) is 0 Å². The number of carbonyl (C=O) groups is 2. The molecule has 0 atom stereocenters. The zero-order chi connectivity index (χ0) is 20.9. The molecule has 7 nitrogen and oxygen atoms in total. The second-order valence-electron chi connectivity index (χ2n) is 7.88. The van der Waals surface area contributed by atoms with Crippen LogP contribution in [0.1, 0.15) is 36.0 Å². The summed E-state index contributed by atoms with van der Waals surface area (Å²) in [6.07, 6.45) is 8.02. The highest BCUT2D eigenvalue weighted by Crippen LogP contribution is 2.22. The van der Waals surface area contributed by atoms with Crippen molar-refractivity contribution < 1.29 is 14.0 Å². The molecular weight excluding hydrogens is 385 g/mol. The Bertz CT molecular complexity index is 878. The highest BCUT2D eigenvalue weighted by Gasteiger charge is 2.30. The Morgan fingerprint density at radius 1 is 1.00 bits per heavy atom. The Morgan fingerprint density at radius 3 is 2.40 bits per heavy atom. The summed E-state index contributed by atoms with van der Waals surface area (Å²) in [6.45, 7) is 2.60. The van der Waals surface area contributed by atoms with E-state index >= 15 is 0 Å². The summed E-state index contributed by atoms with van der Waals surface area (Å²) in [4.78, 5) is 37.5. The van der Waals surface area contributed by atoms with Crippen LogP contribution in [-0.2, 0) is 4.79 Å². The topological polar surface area (TPSA) is 78.4 Å². The highest BCUT2D eigenvalue weighted by molar-refractivity contribution is 5.94. The van der Waals surface area contributed by atoms with E-state index in [1.54, 1.807) is 35.6 Å². The van der Waals surface area contributed by atoms with Crippen LogP contribution in [0, 0.1) is 11.7 Å². The first-order valence-corrected chi connectivity index (χ1v) is 10.5. The summed E-state index contributed by atoms with van der Waals surface area (Å²) in [6, 6.07) is 6.11. The first kappa shape index (κ1) is 20.3. The second-order valence-corrected chi connectivity index (χ2v) is 7.88. The number of hydrogen-bond acceptors (Lipinski definition) is 5. The number of halogens is 1. The Morgan fingerprint density at radius 2 is 1.73 bits per heavy atom. The van der Waals surface area contributed by atoms with E-state index in [2.05, 4.69) is 20.2 Å². The van der Waals surface area contributed by atoms with Crippen LogP contribution >= 0.6 is 0 Å². The standard InChI is InChI=1S/C22H26FN5O2/c23-19-4-2-1-3-18(19)22(30)28-13-7-17(8-14-28)26-21(29)16-5-11-27(12-6-16)20-15-24-9-10-25-20/h1-4,9-10,15-17H,5-8,11-14H2,(H,26,29). The number of anilines is 1. The molecule has 30 heavy (non-hydrogen) atoms. The number of rotatable bonds is 4. The van der Waals surface area contributed by atoms with Gasteiger partial charge in [0, 0.05) is 50.5 Å². The third-order valence-corrected chi connectivity index (χ3v) is 5.97. The third-order valence-electron chi connectivity index (χ3n) is 5.97. The lowest BCUT2D eigenvalue weighted by Crippen LogP contribution is -2.49. The van der Waals surface area contributed by atoms with E-state index in [4.69, 9.17) is 0 Å². The quantitative estimate of drug-likeness (QED) is 0.835. The van der Waals surface area contributed by atoms with E-state index in [9.17, 15) is 14.0 Å². The Kier molecular flexibility index (Phi) is 6.21. The van der Waals surface area contributed by atoms with Crippen molar-refractivity contribution in [3.05, 3.63) is 54.2 Å². The van der Waals surface area contributed by atoms with E-state index in [1.165, 1.54) is 12.1 Å². The molecule has 0 radical (unpaired) electrons. The molecule has 0 aliphatic carbocycles. The van der Waals surface area contributed by atoms with Crippen LogP contribution in [-0.4, -0.2) is 58.9 Å². The van der Waals surface area contributed by atoms with Gasteiger partial charge in [-0.1, -0.05) is 12.1 Å². The second kappa shape index (κ2) is 9.19. The average Bonchev–Trinajstić information content (AvgIpc) is 2.80. The van der Waals surface area contributed by atoms with Gasteiger partial charge in [-0.15, -0.1) is 0 Å². The van der Waals surface area contributed by atoms with Crippen LogP contribution in [0.5, 0.6) is 0 Å².